The van der Waals surface area contributed by atoms with Crippen molar-refractivity contribution in [1.29, 1.82) is 5.26 Å². The highest BCUT2D eigenvalue weighted by atomic mass is 79.9. The van der Waals surface area contributed by atoms with Crippen LogP contribution >= 0.6 is 15.9 Å². The third kappa shape index (κ3) is 3.02. The highest BCUT2D eigenvalue weighted by Gasteiger charge is 2.31. The van der Waals surface area contributed by atoms with Crippen LogP contribution in [0, 0.1) is 11.3 Å². The standard InChI is InChI=1S/C15H17BrN2O2/c1-15(20-2)5-7-18(8-6-15)14(19)11-3-4-12(10-17)13(16)9-11/h3-4,9H,5-8H2,1-2H3. The Hall–Kier alpha value is -1.38. The van der Waals surface area contributed by atoms with Crippen LogP contribution in [-0.2, 0) is 4.74 Å². The maximum atomic E-state index is 12.4. The minimum Gasteiger partial charge on any atom is -0.378 e. The summed E-state index contributed by atoms with van der Waals surface area (Å²) in [6, 6.07) is 7.16. The van der Waals surface area contributed by atoms with E-state index < -0.39 is 0 Å². The summed E-state index contributed by atoms with van der Waals surface area (Å²) in [6.07, 6.45) is 1.68. The molecule has 1 amide bonds. The first-order valence-electron chi connectivity index (χ1n) is 6.53. The van der Waals surface area contributed by atoms with Crippen LogP contribution in [0.3, 0.4) is 0 Å². The summed E-state index contributed by atoms with van der Waals surface area (Å²) < 4.78 is 6.14. The summed E-state index contributed by atoms with van der Waals surface area (Å²) in [5.74, 6) is 0.00772. The molecule has 106 valence electrons. The molecule has 1 aliphatic heterocycles. The predicted molar refractivity (Wildman–Crippen MR) is 79.4 cm³/mol. The second-order valence-electron chi connectivity index (χ2n) is 5.25. The maximum absolute atomic E-state index is 12.4. The zero-order chi connectivity index (χ0) is 14.8. The average molecular weight is 337 g/mol. The van der Waals surface area contributed by atoms with Gasteiger partial charge in [0.05, 0.1) is 11.2 Å². The largest absolute Gasteiger partial charge is 0.378 e. The van der Waals surface area contributed by atoms with Crippen LogP contribution in [0.15, 0.2) is 22.7 Å². The topological polar surface area (TPSA) is 53.3 Å². The summed E-state index contributed by atoms with van der Waals surface area (Å²) in [5.41, 5.74) is 1.02. The molecule has 0 N–H and O–H groups in total. The lowest BCUT2D eigenvalue weighted by Gasteiger charge is -2.38. The van der Waals surface area contributed by atoms with Crippen molar-refractivity contribution >= 4 is 21.8 Å². The van der Waals surface area contributed by atoms with Gasteiger partial charge in [-0.15, -0.1) is 0 Å². The van der Waals surface area contributed by atoms with E-state index in [9.17, 15) is 4.79 Å². The van der Waals surface area contributed by atoms with Crippen molar-refractivity contribution in [2.45, 2.75) is 25.4 Å². The molecule has 5 heteroatoms. The normalized spacial score (nSPS) is 17.6. The first-order chi connectivity index (χ1) is 9.49. The van der Waals surface area contributed by atoms with Gasteiger partial charge in [0.2, 0.25) is 0 Å². The van der Waals surface area contributed by atoms with Crippen LogP contribution in [0.25, 0.3) is 0 Å². The quantitative estimate of drug-likeness (QED) is 0.834. The Labute approximate surface area is 127 Å². The smallest absolute Gasteiger partial charge is 0.253 e. The van der Waals surface area contributed by atoms with Gasteiger partial charge in [-0.2, -0.15) is 5.26 Å². The van der Waals surface area contributed by atoms with Crippen molar-refractivity contribution in [1.82, 2.24) is 4.90 Å². The van der Waals surface area contributed by atoms with E-state index in [0.717, 1.165) is 12.8 Å². The van der Waals surface area contributed by atoms with Crippen molar-refractivity contribution in [3.63, 3.8) is 0 Å². The number of methoxy groups -OCH3 is 1. The van der Waals surface area contributed by atoms with Crippen molar-refractivity contribution in [2.75, 3.05) is 20.2 Å². The number of nitrogens with zero attached hydrogens (tertiary/aromatic N) is 2. The second kappa shape index (κ2) is 5.94. The van der Waals surface area contributed by atoms with Gasteiger partial charge < -0.3 is 9.64 Å². The Kier molecular flexibility index (Phi) is 4.46. The molecule has 0 unspecified atom stereocenters. The molecular weight excluding hydrogens is 320 g/mol. The lowest BCUT2D eigenvalue weighted by atomic mass is 9.93. The van der Waals surface area contributed by atoms with E-state index >= 15 is 0 Å². The predicted octanol–water partition coefficient (Wildman–Crippen LogP) is 2.96. The minimum atomic E-state index is -0.123. The summed E-state index contributed by atoms with van der Waals surface area (Å²) >= 11 is 3.32. The van der Waals surface area contributed by atoms with Crippen molar-refractivity contribution in [3.05, 3.63) is 33.8 Å². The number of hydrogen-bond donors (Lipinski definition) is 0. The van der Waals surface area contributed by atoms with Crippen LogP contribution < -0.4 is 0 Å². The zero-order valence-corrected chi connectivity index (χ0v) is 13.2. The third-order valence-electron chi connectivity index (χ3n) is 3.94. The van der Waals surface area contributed by atoms with Gasteiger partial charge in [-0.05, 0) is 53.9 Å². The number of benzene rings is 1. The number of piperidine rings is 1. The number of halogens is 1. The van der Waals surface area contributed by atoms with E-state index in [1.54, 1.807) is 25.3 Å². The van der Waals surface area contributed by atoms with Crippen LogP contribution in [0.4, 0.5) is 0 Å². The lowest BCUT2D eigenvalue weighted by Crippen LogP contribution is -2.46. The SMILES string of the molecule is COC1(C)CCN(C(=O)c2ccc(C#N)c(Br)c2)CC1. The summed E-state index contributed by atoms with van der Waals surface area (Å²) in [6.45, 7) is 3.47. The molecule has 0 aromatic heterocycles. The molecule has 4 nitrogen and oxygen atoms in total. The van der Waals surface area contributed by atoms with Gasteiger partial charge in [-0.3, -0.25) is 4.79 Å². The van der Waals surface area contributed by atoms with Crippen molar-refractivity contribution < 1.29 is 9.53 Å². The molecule has 1 aromatic carbocycles. The molecule has 1 aliphatic rings. The highest BCUT2D eigenvalue weighted by Crippen LogP contribution is 2.26. The molecule has 0 atom stereocenters. The molecule has 0 saturated carbocycles. The van der Waals surface area contributed by atoms with E-state index in [2.05, 4.69) is 28.9 Å². The number of likely N-dealkylation sites (tertiary alicyclic amines) is 1. The Morgan fingerprint density at radius 3 is 2.60 bits per heavy atom. The Morgan fingerprint density at radius 2 is 2.10 bits per heavy atom. The fourth-order valence-corrected chi connectivity index (χ4v) is 2.78. The molecule has 1 aromatic rings. The number of rotatable bonds is 2. The summed E-state index contributed by atoms with van der Waals surface area (Å²) in [4.78, 5) is 14.3. The van der Waals surface area contributed by atoms with Gasteiger partial charge >= 0.3 is 0 Å². The van der Waals surface area contributed by atoms with Gasteiger partial charge in [-0.25, -0.2) is 0 Å². The second-order valence-corrected chi connectivity index (χ2v) is 6.11. The monoisotopic (exact) mass is 336 g/mol. The van der Waals surface area contributed by atoms with Gasteiger partial charge in [-0.1, -0.05) is 0 Å². The summed E-state index contributed by atoms with van der Waals surface area (Å²) in [7, 11) is 1.72. The number of carbonyl (C=O) groups is 1. The van der Waals surface area contributed by atoms with Crippen LogP contribution in [0.1, 0.15) is 35.7 Å². The number of carbonyl (C=O) groups excluding carboxylic acids is 1. The van der Waals surface area contributed by atoms with Gasteiger partial charge in [0, 0.05) is 30.2 Å². The van der Waals surface area contributed by atoms with Gasteiger partial charge in [0.1, 0.15) is 6.07 Å². The lowest BCUT2D eigenvalue weighted by molar-refractivity contribution is -0.0379. The van der Waals surface area contributed by atoms with Crippen LogP contribution in [0.2, 0.25) is 0 Å². The maximum Gasteiger partial charge on any atom is 0.253 e. The van der Waals surface area contributed by atoms with Crippen molar-refractivity contribution in [2.24, 2.45) is 0 Å². The number of hydrogen-bond acceptors (Lipinski definition) is 3. The first-order valence-corrected chi connectivity index (χ1v) is 7.32. The average Bonchev–Trinajstić information content (AvgIpc) is 2.47. The molecule has 1 heterocycles. The van der Waals surface area contributed by atoms with E-state index in [0.29, 0.717) is 28.7 Å². The summed E-state index contributed by atoms with van der Waals surface area (Å²) in [5, 5.41) is 8.89. The van der Waals surface area contributed by atoms with E-state index in [1.807, 2.05) is 4.90 Å². The molecule has 0 aliphatic carbocycles. The molecule has 1 saturated heterocycles. The van der Waals surface area contributed by atoms with Gasteiger partial charge in [0.15, 0.2) is 0 Å². The van der Waals surface area contributed by atoms with Gasteiger partial charge in [0.25, 0.3) is 5.91 Å². The minimum absolute atomic E-state index is 0.00772. The third-order valence-corrected chi connectivity index (χ3v) is 4.59. The zero-order valence-electron chi connectivity index (χ0n) is 11.6. The first kappa shape index (κ1) is 15.0. The number of nitriles is 1. The van der Waals surface area contributed by atoms with E-state index in [1.165, 1.54) is 0 Å². The van der Waals surface area contributed by atoms with E-state index in [4.69, 9.17) is 10.00 Å². The number of ether oxygens (including phenoxy) is 1. The molecular formula is C15H17BrN2O2. The van der Waals surface area contributed by atoms with Crippen LogP contribution in [0.5, 0.6) is 0 Å². The molecule has 0 radical (unpaired) electrons. The molecule has 1 fully saturated rings. The van der Waals surface area contributed by atoms with E-state index in [-0.39, 0.29) is 11.5 Å². The van der Waals surface area contributed by atoms with Crippen molar-refractivity contribution in [3.8, 4) is 6.07 Å². The Balaban J connectivity index is 2.10. The fourth-order valence-electron chi connectivity index (χ4n) is 2.31. The fraction of sp³-hybridized carbons (Fsp3) is 0.467. The molecule has 0 bridgehead atoms. The molecule has 0 spiro atoms. The van der Waals surface area contributed by atoms with Crippen LogP contribution in [-0.4, -0.2) is 36.6 Å². The number of amides is 1. The Bertz CT molecular complexity index is 557. The molecule has 20 heavy (non-hydrogen) atoms. The highest BCUT2D eigenvalue weighted by molar-refractivity contribution is 9.10. The molecule has 2 rings (SSSR count). The Morgan fingerprint density at radius 1 is 1.45 bits per heavy atom.